The van der Waals surface area contributed by atoms with Crippen molar-refractivity contribution in [1.29, 1.82) is 0 Å². The first-order valence-electron chi connectivity index (χ1n) is 18.3. The summed E-state index contributed by atoms with van der Waals surface area (Å²) in [6.45, 7) is 4.85. The molecule has 2 aliphatic carbocycles. The molecule has 20 heteroatoms. The van der Waals surface area contributed by atoms with Crippen molar-refractivity contribution >= 4 is 55.2 Å². The highest BCUT2D eigenvalue weighted by Gasteiger charge is 2.67. The smallest absolute Gasteiger partial charge is 0.293 e. The van der Waals surface area contributed by atoms with E-state index in [0.717, 1.165) is 28.5 Å². The van der Waals surface area contributed by atoms with Crippen LogP contribution in [0.15, 0.2) is 53.3 Å². The number of sulfonamides is 1. The third-order valence-electron chi connectivity index (χ3n) is 10.7. The predicted molar refractivity (Wildman–Crippen MR) is 207 cm³/mol. The van der Waals surface area contributed by atoms with Crippen molar-refractivity contribution in [2.24, 2.45) is 13.0 Å². The highest BCUT2D eigenvalue weighted by Crippen LogP contribution is 2.68. The first kappa shape index (κ1) is 40.4. The Morgan fingerprint density at radius 2 is 1.75 bits per heavy atom. The molecule has 59 heavy (non-hydrogen) atoms. The second kappa shape index (κ2) is 13.8. The van der Waals surface area contributed by atoms with Gasteiger partial charge in [-0.1, -0.05) is 38.4 Å². The summed E-state index contributed by atoms with van der Waals surface area (Å²) in [5, 5.41) is 11.0. The van der Waals surface area contributed by atoms with Crippen LogP contribution in [0.25, 0.3) is 27.5 Å². The summed E-state index contributed by atoms with van der Waals surface area (Å²) in [5.74, 6) is -8.87. The lowest BCUT2D eigenvalue weighted by Crippen LogP contribution is -2.38. The number of carbonyl (C=O) groups excluding carboxylic acids is 1. The summed E-state index contributed by atoms with van der Waals surface area (Å²) >= 11 is 6.61. The van der Waals surface area contributed by atoms with Gasteiger partial charge in [0.25, 0.3) is 17.9 Å². The molecule has 1 saturated carbocycles. The molecule has 1 fully saturated rings. The van der Waals surface area contributed by atoms with E-state index in [2.05, 4.69) is 20.2 Å². The summed E-state index contributed by atoms with van der Waals surface area (Å²) in [5.41, 5.74) is -1.90. The average Bonchev–Trinajstić information content (AvgIpc) is 3.66. The van der Waals surface area contributed by atoms with Gasteiger partial charge >= 0.3 is 0 Å². The summed E-state index contributed by atoms with van der Waals surface area (Å²) < 4.78 is 118. The molecule has 3 aromatic heterocycles. The van der Waals surface area contributed by atoms with Gasteiger partial charge in [0, 0.05) is 31.0 Å². The van der Waals surface area contributed by atoms with Crippen LogP contribution in [0.5, 0.6) is 0 Å². The largest absolute Gasteiger partial charge is 0.344 e. The summed E-state index contributed by atoms with van der Waals surface area (Å²) in [7, 11) is -2.42. The Labute approximate surface area is 337 Å². The van der Waals surface area contributed by atoms with E-state index in [1.807, 2.05) is 20.8 Å². The van der Waals surface area contributed by atoms with E-state index < -0.39 is 93.1 Å². The zero-order valence-electron chi connectivity index (χ0n) is 31.9. The molecule has 0 bridgehead atoms. The van der Waals surface area contributed by atoms with Crippen molar-refractivity contribution in [3.63, 3.8) is 0 Å². The number of hydrogen-bond acceptors (Lipinski definition) is 7. The van der Waals surface area contributed by atoms with E-state index in [1.165, 1.54) is 23.9 Å². The number of aryl methyl sites for hydroxylation is 1. The number of aromatic nitrogens is 6. The van der Waals surface area contributed by atoms with Gasteiger partial charge in [-0.25, -0.2) is 31.0 Å². The topological polar surface area (TPSA) is 146 Å². The lowest BCUT2D eigenvalue weighted by Gasteiger charge is -2.25. The second-order valence-corrected chi connectivity index (χ2v) is 18.2. The molecule has 310 valence electrons. The van der Waals surface area contributed by atoms with E-state index in [-0.39, 0.29) is 61.7 Å². The molecule has 0 radical (unpaired) electrons. The van der Waals surface area contributed by atoms with Gasteiger partial charge in [-0.3, -0.25) is 28.2 Å². The Bertz CT molecular complexity index is 2900. The molecular weight excluding hydrogens is 826 g/mol. The Hall–Kier alpha value is -5.43. The molecule has 2 N–H and O–H groups in total. The number of amides is 1. The molecular formula is C39H35ClF6N8O4S. The molecule has 0 unspecified atom stereocenters. The minimum Gasteiger partial charge on any atom is -0.344 e. The number of halogens is 7. The van der Waals surface area contributed by atoms with Crippen LogP contribution in [0.4, 0.5) is 32.2 Å². The van der Waals surface area contributed by atoms with E-state index in [4.69, 9.17) is 16.6 Å². The van der Waals surface area contributed by atoms with Crippen LogP contribution in [-0.4, -0.2) is 49.7 Å². The molecule has 0 saturated heterocycles. The van der Waals surface area contributed by atoms with Gasteiger partial charge in [-0.15, -0.1) is 0 Å². The fourth-order valence-electron chi connectivity index (χ4n) is 8.05. The predicted octanol–water partition coefficient (Wildman–Crippen LogP) is 7.32. The monoisotopic (exact) mass is 860 g/mol. The van der Waals surface area contributed by atoms with E-state index in [0.29, 0.717) is 10.7 Å². The fourth-order valence-corrected chi connectivity index (χ4v) is 8.78. The number of alkyl halides is 4. The first-order chi connectivity index (χ1) is 27.5. The third-order valence-corrected chi connectivity index (χ3v) is 11.5. The molecule has 1 amide bonds. The number of anilines is 1. The highest BCUT2D eigenvalue weighted by molar-refractivity contribution is 7.92. The maximum Gasteiger partial charge on any atom is 0.293 e. The average molecular weight is 861 g/mol. The van der Waals surface area contributed by atoms with Gasteiger partial charge in [0.2, 0.25) is 15.9 Å². The maximum atomic E-state index is 15.5. The molecule has 0 spiro atoms. The zero-order chi connectivity index (χ0) is 42.7. The van der Waals surface area contributed by atoms with Crippen molar-refractivity contribution in [1.82, 2.24) is 34.4 Å². The Balaban J connectivity index is 1.35. The number of carbonyl (C=O) groups is 1. The number of nitrogens with one attached hydrogen (secondary N) is 2. The van der Waals surface area contributed by atoms with E-state index in [9.17, 15) is 35.6 Å². The number of fused-ring (bicyclic) bond motifs is 5. The SMILES string of the molecule is Cn1nc(NS(C)(=O)=O)c2c(Cl)ccc(-n3c([C@H](Cc4cc(F)cc(F)c4)NC(=O)Cn4nc(C(F)F)c5c4C(F)(F)[C@@H]4C[C@H]54)nc4cc(C(C)(C)C)ccc4c3=O)c21. The molecule has 6 aromatic rings. The van der Waals surface area contributed by atoms with E-state index >= 15 is 8.78 Å². The van der Waals surface area contributed by atoms with Crippen LogP contribution < -0.4 is 15.6 Å². The van der Waals surface area contributed by atoms with Gasteiger partial charge in [0.1, 0.15) is 35.4 Å². The number of hydrogen-bond donors (Lipinski definition) is 2. The Kier molecular flexibility index (Phi) is 9.45. The van der Waals surface area contributed by atoms with Crippen LogP contribution in [0.3, 0.4) is 0 Å². The van der Waals surface area contributed by atoms with Crippen LogP contribution in [0.1, 0.15) is 79.5 Å². The Morgan fingerprint density at radius 3 is 2.39 bits per heavy atom. The van der Waals surface area contributed by atoms with Gasteiger partial charge in [-0.05, 0) is 65.3 Å². The highest BCUT2D eigenvalue weighted by atomic mass is 35.5. The quantitative estimate of drug-likeness (QED) is 0.137. The summed E-state index contributed by atoms with van der Waals surface area (Å²) in [6, 6.07) is 8.96. The van der Waals surface area contributed by atoms with Crippen molar-refractivity contribution in [3.05, 3.63) is 109 Å². The first-order valence-corrected chi connectivity index (χ1v) is 20.5. The summed E-state index contributed by atoms with van der Waals surface area (Å²) in [6.07, 6.45) is -2.71. The lowest BCUT2D eigenvalue weighted by molar-refractivity contribution is -0.123. The molecule has 0 aliphatic heterocycles. The van der Waals surface area contributed by atoms with Crippen molar-refractivity contribution < 1.29 is 39.6 Å². The van der Waals surface area contributed by atoms with Crippen molar-refractivity contribution in [2.75, 3.05) is 11.0 Å². The van der Waals surface area contributed by atoms with Crippen LogP contribution in [0.2, 0.25) is 5.02 Å². The van der Waals surface area contributed by atoms with Crippen LogP contribution in [0, 0.1) is 17.6 Å². The van der Waals surface area contributed by atoms with Gasteiger partial charge in [0.05, 0.1) is 44.8 Å². The van der Waals surface area contributed by atoms with E-state index in [1.54, 1.807) is 18.2 Å². The minimum atomic E-state index is -3.89. The lowest BCUT2D eigenvalue weighted by atomic mass is 9.86. The number of rotatable bonds is 10. The molecule has 3 aromatic carbocycles. The Morgan fingerprint density at radius 1 is 1.05 bits per heavy atom. The third kappa shape index (κ3) is 7.10. The molecule has 3 heterocycles. The maximum absolute atomic E-state index is 15.5. The van der Waals surface area contributed by atoms with Crippen LogP contribution >= 0.6 is 11.6 Å². The zero-order valence-corrected chi connectivity index (χ0v) is 33.5. The summed E-state index contributed by atoms with van der Waals surface area (Å²) in [4.78, 5) is 33.8. The fraction of sp³-hybridized carbons (Fsp3) is 0.359. The molecule has 3 atom stereocenters. The van der Waals surface area contributed by atoms with Gasteiger partial charge < -0.3 is 5.32 Å². The van der Waals surface area contributed by atoms with Crippen molar-refractivity contribution in [2.45, 2.75) is 69.9 Å². The molecule has 12 nitrogen and oxygen atoms in total. The molecule has 2 aliphatic rings. The number of benzene rings is 3. The van der Waals surface area contributed by atoms with Gasteiger partial charge in [-0.2, -0.15) is 19.0 Å². The van der Waals surface area contributed by atoms with Crippen molar-refractivity contribution in [3.8, 4) is 5.69 Å². The molecule has 8 rings (SSSR count). The minimum absolute atomic E-state index is 0.00636. The van der Waals surface area contributed by atoms with Gasteiger partial charge in [0.15, 0.2) is 5.82 Å². The normalized spacial score (nSPS) is 17.7. The standard InChI is InChI=1S/C39H35ClF6N8O4S/c1-38(2,3)18-6-7-21-25(13-18)48-36(54(37(21)56)27-9-8-24(40)30-32(27)52(4)50-35(30)51-59(5,57)58)26(12-17-10-19(41)14-20(42)11-17)47-28(55)16-53-33-29(31(49-53)34(43)44)22-15-23(22)39(33,45)46/h6-11,13-14,22-23,26,34H,12,15-16H2,1-5H3,(H,47,55)(H,50,51)/t22-,23+,26-/m0/s1. The number of nitrogens with zero attached hydrogens (tertiary/aromatic N) is 6. The second-order valence-electron chi connectivity index (χ2n) is 16.0. The van der Waals surface area contributed by atoms with Crippen LogP contribution in [-0.2, 0) is 46.2 Å².